The van der Waals surface area contributed by atoms with Crippen molar-refractivity contribution in [3.05, 3.63) is 34.6 Å². The van der Waals surface area contributed by atoms with Crippen LogP contribution in [0.15, 0.2) is 18.2 Å². The van der Waals surface area contributed by atoms with Gasteiger partial charge in [-0.3, -0.25) is 4.79 Å². The molecule has 0 aliphatic carbocycles. The van der Waals surface area contributed by atoms with Gasteiger partial charge >= 0.3 is 0 Å². The molecular formula is C14H16ClFO2. The predicted molar refractivity (Wildman–Crippen MR) is 68.3 cm³/mol. The number of rotatable bonds is 4. The minimum atomic E-state index is -0.475. The molecule has 0 N–H and O–H groups in total. The van der Waals surface area contributed by atoms with Gasteiger partial charge in [0.25, 0.3) is 0 Å². The molecule has 1 fully saturated rings. The van der Waals surface area contributed by atoms with E-state index >= 15 is 0 Å². The normalized spacial score (nSPS) is 23.3. The van der Waals surface area contributed by atoms with Crippen molar-refractivity contribution in [1.82, 2.24) is 0 Å². The van der Waals surface area contributed by atoms with Crippen LogP contribution in [0.25, 0.3) is 0 Å². The number of carbonyl (C=O) groups excluding carboxylic acids is 1. The van der Waals surface area contributed by atoms with Gasteiger partial charge in [-0.2, -0.15) is 0 Å². The summed E-state index contributed by atoms with van der Waals surface area (Å²) < 4.78 is 18.8. The van der Waals surface area contributed by atoms with Crippen molar-refractivity contribution < 1.29 is 13.9 Å². The van der Waals surface area contributed by atoms with Gasteiger partial charge in [0.1, 0.15) is 11.6 Å². The maximum Gasteiger partial charge on any atom is 0.143 e. The lowest BCUT2D eigenvalue weighted by atomic mass is 9.91. The molecule has 1 aromatic carbocycles. The summed E-state index contributed by atoms with van der Waals surface area (Å²) in [6.45, 7) is 2.64. The summed E-state index contributed by atoms with van der Waals surface area (Å²) in [5.41, 5.74) is 0.559. The van der Waals surface area contributed by atoms with Crippen molar-refractivity contribution >= 4 is 17.4 Å². The molecule has 0 radical (unpaired) electrons. The smallest absolute Gasteiger partial charge is 0.143 e. The second-order valence-electron chi connectivity index (χ2n) is 4.57. The molecule has 0 bridgehead atoms. The van der Waals surface area contributed by atoms with Crippen molar-refractivity contribution in [3.63, 3.8) is 0 Å². The Bertz CT molecular complexity index is 447. The number of hydrogen-bond acceptors (Lipinski definition) is 2. The van der Waals surface area contributed by atoms with Crippen LogP contribution >= 0.6 is 11.6 Å². The Kier molecular flexibility index (Phi) is 4.36. The quantitative estimate of drug-likeness (QED) is 0.838. The topological polar surface area (TPSA) is 26.3 Å². The van der Waals surface area contributed by atoms with Crippen LogP contribution in [0.4, 0.5) is 4.39 Å². The molecule has 2 atom stereocenters. The van der Waals surface area contributed by atoms with Crippen LogP contribution in [0.1, 0.15) is 25.3 Å². The molecule has 2 rings (SSSR count). The summed E-state index contributed by atoms with van der Waals surface area (Å²) in [4.78, 5) is 12.2. The number of benzene rings is 1. The third kappa shape index (κ3) is 2.73. The first-order valence-electron chi connectivity index (χ1n) is 6.20. The lowest BCUT2D eigenvalue weighted by Crippen LogP contribution is -2.25. The molecule has 98 valence electrons. The first kappa shape index (κ1) is 13.5. The van der Waals surface area contributed by atoms with Gasteiger partial charge in [-0.15, -0.1) is 0 Å². The predicted octanol–water partition coefficient (Wildman–Crippen LogP) is 3.41. The summed E-state index contributed by atoms with van der Waals surface area (Å²) in [6, 6.07) is 4.57. The van der Waals surface area contributed by atoms with Crippen LogP contribution in [0.2, 0.25) is 5.02 Å². The largest absolute Gasteiger partial charge is 0.377 e. The van der Waals surface area contributed by atoms with Crippen LogP contribution in [-0.2, 0) is 16.0 Å². The summed E-state index contributed by atoms with van der Waals surface area (Å²) in [6.07, 6.45) is 1.77. The van der Waals surface area contributed by atoms with Crippen LogP contribution in [0.5, 0.6) is 0 Å². The summed E-state index contributed by atoms with van der Waals surface area (Å²) in [5, 5.41) is 0.0535. The van der Waals surface area contributed by atoms with Gasteiger partial charge in [0.2, 0.25) is 0 Å². The van der Waals surface area contributed by atoms with E-state index in [0.717, 1.165) is 12.8 Å². The van der Waals surface area contributed by atoms with Gasteiger partial charge in [-0.1, -0.05) is 30.7 Å². The van der Waals surface area contributed by atoms with Crippen molar-refractivity contribution in [2.45, 2.75) is 32.3 Å². The van der Waals surface area contributed by atoms with E-state index in [9.17, 15) is 9.18 Å². The van der Waals surface area contributed by atoms with Crippen LogP contribution < -0.4 is 0 Å². The maximum absolute atomic E-state index is 13.3. The van der Waals surface area contributed by atoms with E-state index in [2.05, 4.69) is 0 Å². The molecule has 18 heavy (non-hydrogen) atoms. The molecule has 0 aromatic heterocycles. The highest BCUT2D eigenvalue weighted by molar-refractivity contribution is 6.31. The van der Waals surface area contributed by atoms with Crippen molar-refractivity contribution in [3.8, 4) is 0 Å². The number of ketones is 1. The Morgan fingerprint density at radius 1 is 1.56 bits per heavy atom. The Hall–Kier alpha value is -0.930. The van der Waals surface area contributed by atoms with Gasteiger partial charge in [0.15, 0.2) is 0 Å². The molecule has 0 amide bonds. The van der Waals surface area contributed by atoms with Crippen molar-refractivity contribution in [2.75, 3.05) is 6.61 Å². The molecule has 1 aliphatic heterocycles. The molecule has 2 nitrogen and oxygen atoms in total. The molecule has 0 saturated carbocycles. The van der Waals surface area contributed by atoms with E-state index in [1.807, 2.05) is 6.92 Å². The zero-order valence-corrected chi connectivity index (χ0v) is 11.0. The van der Waals surface area contributed by atoms with Gasteiger partial charge in [0, 0.05) is 18.9 Å². The number of Topliss-reactive ketones (excluding diaryl/α,β-unsaturated/α-hetero) is 1. The fraction of sp³-hybridized carbons (Fsp3) is 0.500. The number of hydrogen-bond donors (Lipinski definition) is 0. The Morgan fingerprint density at radius 2 is 2.33 bits per heavy atom. The summed E-state index contributed by atoms with van der Waals surface area (Å²) >= 11 is 5.86. The Morgan fingerprint density at radius 3 is 3.06 bits per heavy atom. The maximum atomic E-state index is 13.3. The van der Waals surface area contributed by atoms with E-state index < -0.39 is 5.82 Å². The summed E-state index contributed by atoms with van der Waals surface area (Å²) in [7, 11) is 0. The van der Waals surface area contributed by atoms with E-state index in [-0.39, 0.29) is 29.2 Å². The third-order valence-electron chi connectivity index (χ3n) is 3.42. The third-order valence-corrected chi connectivity index (χ3v) is 3.85. The van der Waals surface area contributed by atoms with E-state index in [0.29, 0.717) is 12.2 Å². The monoisotopic (exact) mass is 270 g/mol. The van der Waals surface area contributed by atoms with Crippen LogP contribution in [-0.4, -0.2) is 18.5 Å². The molecule has 0 spiro atoms. The standard InChI is InChI=1S/C14H16ClFO2/c1-2-13-10(6-7-18-13)12(17)8-9-4-3-5-11(16)14(9)15/h3-5,10,13H,2,6-8H2,1H3. The van der Waals surface area contributed by atoms with Gasteiger partial charge in [-0.05, 0) is 24.5 Å². The highest BCUT2D eigenvalue weighted by Crippen LogP contribution is 2.27. The highest BCUT2D eigenvalue weighted by Gasteiger charge is 2.32. The molecule has 1 saturated heterocycles. The molecule has 1 aromatic rings. The average Bonchev–Trinajstić information content (AvgIpc) is 2.83. The lowest BCUT2D eigenvalue weighted by molar-refractivity contribution is -0.123. The zero-order chi connectivity index (χ0) is 13.1. The van der Waals surface area contributed by atoms with Crippen molar-refractivity contribution in [1.29, 1.82) is 0 Å². The molecule has 1 heterocycles. The lowest BCUT2D eigenvalue weighted by Gasteiger charge is -2.15. The number of halogens is 2. The van der Waals surface area contributed by atoms with Crippen LogP contribution in [0, 0.1) is 11.7 Å². The zero-order valence-electron chi connectivity index (χ0n) is 10.3. The average molecular weight is 271 g/mol. The second-order valence-corrected chi connectivity index (χ2v) is 4.95. The van der Waals surface area contributed by atoms with Gasteiger partial charge in [-0.25, -0.2) is 4.39 Å². The van der Waals surface area contributed by atoms with Crippen molar-refractivity contribution in [2.24, 2.45) is 5.92 Å². The first-order chi connectivity index (χ1) is 8.63. The SMILES string of the molecule is CCC1OCCC1C(=O)Cc1cccc(F)c1Cl. The van der Waals surface area contributed by atoms with E-state index in [4.69, 9.17) is 16.3 Å². The highest BCUT2D eigenvalue weighted by atomic mass is 35.5. The fourth-order valence-corrected chi connectivity index (χ4v) is 2.62. The first-order valence-corrected chi connectivity index (χ1v) is 6.58. The van der Waals surface area contributed by atoms with E-state index in [1.165, 1.54) is 6.07 Å². The Balaban J connectivity index is 2.09. The fourth-order valence-electron chi connectivity index (χ4n) is 2.42. The second kappa shape index (κ2) is 5.81. The van der Waals surface area contributed by atoms with E-state index in [1.54, 1.807) is 12.1 Å². The number of ether oxygens (including phenoxy) is 1. The Labute approximate surface area is 111 Å². The molecule has 1 aliphatic rings. The number of carbonyl (C=O) groups is 1. The van der Waals surface area contributed by atoms with Gasteiger partial charge < -0.3 is 4.74 Å². The molecular weight excluding hydrogens is 255 g/mol. The minimum absolute atomic E-state index is 0.00448. The molecule has 4 heteroatoms. The van der Waals surface area contributed by atoms with Gasteiger partial charge in [0.05, 0.1) is 11.1 Å². The summed E-state index contributed by atoms with van der Waals surface area (Å²) in [5.74, 6) is -0.460. The minimum Gasteiger partial charge on any atom is -0.377 e. The molecule has 2 unspecified atom stereocenters. The van der Waals surface area contributed by atoms with Crippen LogP contribution in [0.3, 0.4) is 0 Å².